The molecule has 1 amide bonds. The summed E-state index contributed by atoms with van der Waals surface area (Å²) in [5.41, 5.74) is -0.772. The molecule has 1 heterocycles. The molecular weight excluding hydrogens is 278 g/mol. The first-order chi connectivity index (χ1) is 9.27. The minimum atomic E-state index is -4.55. The summed E-state index contributed by atoms with van der Waals surface area (Å²) in [6.45, 7) is 0.801. The smallest absolute Gasteiger partial charge is 0.416 e. The zero-order valence-electron chi connectivity index (χ0n) is 10.5. The van der Waals surface area contributed by atoms with Gasteiger partial charge in [-0.25, -0.2) is 9.18 Å². The lowest BCUT2D eigenvalue weighted by atomic mass is 9.92. The summed E-state index contributed by atoms with van der Waals surface area (Å²) in [4.78, 5) is 11.8. The van der Waals surface area contributed by atoms with E-state index in [0.717, 1.165) is 12.1 Å². The van der Waals surface area contributed by atoms with Gasteiger partial charge in [0.15, 0.2) is 0 Å². The second kappa shape index (κ2) is 5.30. The molecule has 1 fully saturated rings. The molecule has 0 radical (unpaired) electrons. The van der Waals surface area contributed by atoms with E-state index in [-0.39, 0.29) is 11.5 Å². The molecule has 0 unspecified atom stereocenters. The van der Waals surface area contributed by atoms with Gasteiger partial charge < -0.3 is 10.0 Å². The Bertz CT molecular complexity index is 510. The lowest BCUT2D eigenvalue weighted by Gasteiger charge is -2.37. The third kappa shape index (κ3) is 3.20. The largest absolute Gasteiger partial charge is 0.465 e. The summed E-state index contributed by atoms with van der Waals surface area (Å²) < 4.78 is 50.7. The number of rotatable bonds is 3. The lowest BCUT2D eigenvalue weighted by molar-refractivity contribution is -0.137. The molecule has 1 saturated heterocycles. The number of carbonyl (C=O) groups is 1. The van der Waals surface area contributed by atoms with Crippen LogP contribution in [0.3, 0.4) is 0 Å². The number of hydrogen-bond acceptors (Lipinski definition) is 1. The van der Waals surface area contributed by atoms with Gasteiger partial charge in [0.25, 0.3) is 0 Å². The number of nitrogens with zero attached hydrogens (tertiary/aromatic N) is 1. The quantitative estimate of drug-likeness (QED) is 0.867. The van der Waals surface area contributed by atoms with Crippen LogP contribution in [0.15, 0.2) is 18.2 Å². The summed E-state index contributed by atoms with van der Waals surface area (Å²) in [5.74, 6) is -0.720. The van der Waals surface area contributed by atoms with Crippen molar-refractivity contribution in [2.45, 2.75) is 19.0 Å². The minimum absolute atomic E-state index is 0.146. The van der Waals surface area contributed by atoms with Crippen LogP contribution in [0.5, 0.6) is 0 Å². The molecule has 0 bridgehead atoms. The molecule has 1 aromatic rings. The molecule has 0 atom stereocenters. The van der Waals surface area contributed by atoms with Crippen molar-refractivity contribution >= 4 is 6.09 Å². The van der Waals surface area contributed by atoms with Crippen LogP contribution < -0.4 is 0 Å². The number of carboxylic acid groups (broad SMARTS) is 1. The molecule has 1 N–H and O–H groups in total. The van der Waals surface area contributed by atoms with Gasteiger partial charge in [-0.1, -0.05) is 6.07 Å². The SMILES string of the molecule is O=C(O)N1CC(CCc2ccc(C(F)(F)F)cc2F)C1. The fourth-order valence-corrected chi connectivity index (χ4v) is 2.19. The van der Waals surface area contributed by atoms with Gasteiger partial charge in [0.1, 0.15) is 5.82 Å². The number of halogens is 4. The lowest BCUT2D eigenvalue weighted by Crippen LogP contribution is -2.49. The third-order valence-corrected chi connectivity index (χ3v) is 3.43. The van der Waals surface area contributed by atoms with Gasteiger partial charge in [-0.2, -0.15) is 13.2 Å². The molecule has 110 valence electrons. The van der Waals surface area contributed by atoms with Crippen LogP contribution in [-0.2, 0) is 12.6 Å². The second-order valence-corrected chi connectivity index (χ2v) is 4.90. The van der Waals surface area contributed by atoms with E-state index >= 15 is 0 Å². The highest BCUT2D eigenvalue weighted by Crippen LogP contribution is 2.31. The Morgan fingerprint density at radius 1 is 1.35 bits per heavy atom. The molecule has 0 saturated carbocycles. The standard InChI is InChI=1S/C13H13F4NO2/c14-11-5-10(13(15,16)17)4-3-9(11)2-1-8-6-18(7-8)12(19)20/h3-5,8H,1-2,6-7H2,(H,19,20). The summed E-state index contributed by atoms with van der Waals surface area (Å²) >= 11 is 0. The number of aryl methyl sites for hydroxylation is 1. The van der Waals surface area contributed by atoms with Gasteiger partial charge in [0, 0.05) is 13.1 Å². The summed E-state index contributed by atoms with van der Waals surface area (Å²) in [6, 6.07) is 2.51. The molecule has 2 rings (SSSR count). The van der Waals surface area contributed by atoms with Crippen molar-refractivity contribution in [1.82, 2.24) is 4.90 Å². The van der Waals surface area contributed by atoms with Gasteiger partial charge in [0.05, 0.1) is 5.56 Å². The second-order valence-electron chi connectivity index (χ2n) is 4.90. The first-order valence-corrected chi connectivity index (χ1v) is 6.11. The van der Waals surface area contributed by atoms with Crippen molar-refractivity contribution in [1.29, 1.82) is 0 Å². The Labute approximate surface area is 112 Å². The van der Waals surface area contributed by atoms with E-state index in [0.29, 0.717) is 32.0 Å². The number of amides is 1. The minimum Gasteiger partial charge on any atom is -0.465 e. The maximum atomic E-state index is 13.6. The maximum absolute atomic E-state index is 13.6. The van der Waals surface area contributed by atoms with Gasteiger partial charge in [-0.3, -0.25) is 0 Å². The van der Waals surface area contributed by atoms with Crippen LogP contribution in [-0.4, -0.2) is 29.2 Å². The number of hydrogen-bond donors (Lipinski definition) is 1. The van der Waals surface area contributed by atoms with E-state index in [2.05, 4.69) is 0 Å². The fourth-order valence-electron chi connectivity index (χ4n) is 2.19. The molecule has 20 heavy (non-hydrogen) atoms. The molecule has 0 aliphatic carbocycles. The average molecular weight is 291 g/mol. The van der Waals surface area contributed by atoms with Crippen LogP contribution in [0.25, 0.3) is 0 Å². The van der Waals surface area contributed by atoms with Gasteiger partial charge in [0.2, 0.25) is 0 Å². The monoisotopic (exact) mass is 291 g/mol. The van der Waals surface area contributed by atoms with Crippen LogP contribution in [0.4, 0.5) is 22.4 Å². The normalized spacial score (nSPS) is 16.1. The molecule has 1 aliphatic rings. The van der Waals surface area contributed by atoms with Crippen molar-refractivity contribution in [3.8, 4) is 0 Å². The summed E-state index contributed by atoms with van der Waals surface area (Å²) in [5, 5.41) is 8.65. The van der Waals surface area contributed by atoms with Crippen LogP contribution in [0.2, 0.25) is 0 Å². The van der Waals surface area contributed by atoms with E-state index in [1.807, 2.05) is 0 Å². The summed E-state index contributed by atoms with van der Waals surface area (Å²) in [7, 11) is 0. The Kier molecular flexibility index (Phi) is 3.87. The predicted molar refractivity (Wildman–Crippen MR) is 62.8 cm³/mol. The highest BCUT2D eigenvalue weighted by molar-refractivity contribution is 5.65. The number of alkyl halides is 3. The average Bonchev–Trinajstić information content (AvgIpc) is 2.26. The van der Waals surface area contributed by atoms with E-state index in [4.69, 9.17) is 5.11 Å². The topological polar surface area (TPSA) is 40.5 Å². The van der Waals surface area contributed by atoms with Crippen LogP contribution >= 0.6 is 0 Å². The van der Waals surface area contributed by atoms with Crippen molar-refractivity contribution in [3.05, 3.63) is 35.1 Å². The Balaban J connectivity index is 1.90. The van der Waals surface area contributed by atoms with Gasteiger partial charge in [-0.15, -0.1) is 0 Å². The molecule has 0 aromatic heterocycles. The maximum Gasteiger partial charge on any atom is 0.416 e. The first-order valence-electron chi connectivity index (χ1n) is 6.11. The van der Waals surface area contributed by atoms with E-state index in [1.165, 1.54) is 4.90 Å². The summed E-state index contributed by atoms with van der Waals surface area (Å²) in [6.07, 6.45) is -4.66. The Morgan fingerprint density at radius 2 is 2.00 bits per heavy atom. The number of benzene rings is 1. The molecule has 1 aliphatic heterocycles. The van der Waals surface area contributed by atoms with Crippen molar-refractivity contribution in [2.75, 3.05) is 13.1 Å². The van der Waals surface area contributed by atoms with E-state index in [9.17, 15) is 22.4 Å². The molecule has 7 heteroatoms. The molecule has 3 nitrogen and oxygen atoms in total. The van der Waals surface area contributed by atoms with Crippen molar-refractivity contribution < 1.29 is 27.5 Å². The van der Waals surface area contributed by atoms with Gasteiger partial charge in [-0.05, 0) is 36.5 Å². The number of likely N-dealkylation sites (tertiary alicyclic amines) is 1. The molecule has 0 spiro atoms. The van der Waals surface area contributed by atoms with E-state index in [1.54, 1.807) is 0 Å². The van der Waals surface area contributed by atoms with Crippen molar-refractivity contribution in [2.24, 2.45) is 5.92 Å². The Hall–Kier alpha value is -1.79. The van der Waals surface area contributed by atoms with E-state index < -0.39 is 23.7 Å². The van der Waals surface area contributed by atoms with Crippen LogP contribution in [0, 0.1) is 11.7 Å². The first kappa shape index (κ1) is 14.6. The Morgan fingerprint density at radius 3 is 2.50 bits per heavy atom. The van der Waals surface area contributed by atoms with Crippen molar-refractivity contribution in [3.63, 3.8) is 0 Å². The molecule has 1 aromatic carbocycles. The molecular formula is C13H13F4NO2. The highest BCUT2D eigenvalue weighted by atomic mass is 19.4. The highest BCUT2D eigenvalue weighted by Gasteiger charge is 2.32. The zero-order valence-corrected chi connectivity index (χ0v) is 10.5. The predicted octanol–water partition coefficient (Wildman–Crippen LogP) is 3.39. The van der Waals surface area contributed by atoms with Gasteiger partial charge >= 0.3 is 12.3 Å². The third-order valence-electron chi connectivity index (χ3n) is 3.43. The van der Waals surface area contributed by atoms with Crippen LogP contribution in [0.1, 0.15) is 17.5 Å². The zero-order chi connectivity index (χ0) is 14.9. The fraction of sp³-hybridized carbons (Fsp3) is 0.462.